The molecule has 3 nitrogen and oxygen atoms in total. The molecular formula is C11H16BrN3. The van der Waals surface area contributed by atoms with Gasteiger partial charge in [-0.2, -0.15) is 0 Å². The first kappa shape index (κ1) is 12.2. The van der Waals surface area contributed by atoms with Gasteiger partial charge in [0.2, 0.25) is 0 Å². The second kappa shape index (κ2) is 5.88. The molecule has 0 amide bonds. The summed E-state index contributed by atoms with van der Waals surface area (Å²) >= 11 is 3.51. The lowest BCUT2D eigenvalue weighted by atomic mass is 10.2. The largest absolute Gasteiger partial charge is 0.388 e. The Bertz CT molecular complexity index is 338. The van der Waals surface area contributed by atoms with Crippen LogP contribution in [0.25, 0.3) is 0 Å². The molecule has 0 saturated heterocycles. The number of benzene rings is 1. The van der Waals surface area contributed by atoms with Crippen molar-refractivity contribution in [2.24, 2.45) is 5.73 Å². The van der Waals surface area contributed by atoms with E-state index >= 15 is 0 Å². The number of nitrogens with one attached hydrogen (secondary N) is 1. The van der Waals surface area contributed by atoms with Gasteiger partial charge >= 0.3 is 0 Å². The van der Waals surface area contributed by atoms with Crippen molar-refractivity contribution in [2.75, 3.05) is 13.6 Å². The molecule has 0 radical (unpaired) electrons. The van der Waals surface area contributed by atoms with Crippen LogP contribution in [0.2, 0.25) is 0 Å². The quantitative estimate of drug-likeness (QED) is 0.636. The second-order valence-electron chi connectivity index (χ2n) is 3.60. The Balaban J connectivity index is 2.47. The second-order valence-corrected chi connectivity index (χ2v) is 4.46. The minimum atomic E-state index is 0.244. The molecular weight excluding hydrogens is 254 g/mol. The van der Waals surface area contributed by atoms with Crippen LogP contribution in [0.1, 0.15) is 12.0 Å². The zero-order valence-electron chi connectivity index (χ0n) is 8.83. The Morgan fingerprint density at radius 1 is 1.47 bits per heavy atom. The molecule has 0 saturated carbocycles. The fourth-order valence-electron chi connectivity index (χ4n) is 1.31. The van der Waals surface area contributed by atoms with Crippen molar-refractivity contribution in [1.29, 1.82) is 5.41 Å². The molecule has 0 atom stereocenters. The van der Waals surface area contributed by atoms with Crippen LogP contribution in [0.5, 0.6) is 0 Å². The molecule has 0 fully saturated rings. The number of nitrogens with two attached hydrogens (primary N) is 1. The third-order valence-corrected chi connectivity index (χ3v) is 2.93. The number of nitrogens with zero attached hydrogens (tertiary/aromatic N) is 1. The molecule has 82 valence electrons. The van der Waals surface area contributed by atoms with Crippen LogP contribution in [0, 0.1) is 5.41 Å². The van der Waals surface area contributed by atoms with Crippen LogP contribution in [-0.4, -0.2) is 24.3 Å². The number of hydrogen-bond acceptors (Lipinski definition) is 2. The smallest absolute Gasteiger partial charge is 0.0918 e. The average molecular weight is 270 g/mol. The Kier molecular flexibility index (Phi) is 4.78. The lowest BCUT2D eigenvalue weighted by molar-refractivity contribution is 0.336. The fraction of sp³-hybridized carbons (Fsp3) is 0.364. The Labute approximate surface area is 98.9 Å². The maximum Gasteiger partial charge on any atom is 0.0918 e. The summed E-state index contributed by atoms with van der Waals surface area (Å²) in [6.07, 6.45) is 0.626. The lowest BCUT2D eigenvalue weighted by Gasteiger charge is -2.16. The van der Waals surface area contributed by atoms with E-state index in [0.29, 0.717) is 6.42 Å². The molecule has 3 N–H and O–H groups in total. The van der Waals surface area contributed by atoms with Gasteiger partial charge in [0, 0.05) is 24.0 Å². The van der Waals surface area contributed by atoms with E-state index in [1.807, 2.05) is 25.2 Å². The normalized spacial score (nSPS) is 10.6. The topological polar surface area (TPSA) is 53.1 Å². The van der Waals surface area contributed by atoms with Gasteiger partial charge in [-0.25, -0.2) is 0 Å². The molecule has 4 heteroatoms. The van der Waals surface area contributed by atoms with Crippen molar-refractivity contribution in [3.63, 3.8) is 0 Å². The average Bonchev–Trinajstić information content (AvgIpc) is 2.18. The predicted octanol–water partition coefficient (Wildman–Crippen LogP) is 2.21. The van der Waals surface area contributed by atoms with Gasteiger partial charge in [0.15, 0.2) is 0 Å². The maximum absolute atomic E-state index is 7.15. The van der Waals surface area contributed by atoms with Crippen molar-refractivity contribution >= 4 is 21.8 Å². The minimum absolute atomic E-state index is 0.244. The third-order valence-electron chi connectivity index (χ3n) is 2.16. The monoisotopic (exact) mass is 269 g/mol. The van der Waals surface area contributed by atoms with Gasteiger partial charge in [-0.05, 0) is 18.7 Å². The van der Waals surface area contributed by atoms with E-state index < -0.39 is 0 Å². The Morgan fingerprint density at radius 3 is 2.73 bits per heavy atom. The summed E-state index contributed by atoms with van der Waals surface area (Å²) in [6.45, 7) is 1.69. The van der Waals surface area contributed by atoms with Crippen LogP contribution in [0.4, 0.5) is 0 Å². The van der Waals surface area contributed by atoms with Crippen molar-refractivity contribution < 1.29 is 0 Å². The zero-order chi connectivity index (χ0) is 11.3. The third kappa shape index (κ3) is 4.44. The van der Waals surface area contributed by atoms with Crippen molar-refractivity contribution in [2.45, 2.75) is 13.0 Å². The van der Waals surface area contributed by atoms with Gasteiger partial charge in [0.25, 0.3) is 0 Å². The Morgan fingerprint density at radius 2 is 2.13 bits per heavy atom. The molecule has 0 aliphatic heterocycles. The molecule has 0 bridgehead atoms. The van der Waals surface area contributed by atoms with E-state index in [-0.39, 0.29) is 5.84 Å². The summed E-state index contributed by atoms with van der Waals surface area (Å²) in [6, 6.07) is 8.16. The Hall–Kier alpha value is -0.870. The molecule has 1 rings (SSSR count). The standard InChI is InChI=1S/C11H16BrN3/c1-15(7-6-11(13)14)8-9-4-2-3-5-10(9)12/h2-5H,6-8H2,1H3,(H3,13,14). The first-order valence-electron chi connectivity index (χ1n) is 4.84. The van der Waals surface area contributed by atoms with Crippen LogP contribution < -0.4 is 5.73 Å². The molecule has 1 aromatic carbocycles. The highest BCUT2D eigenvalue weighted by Crippen LogP contribution is 2.17. The first-order valence-corrected chi connectivity index (χ1v) is 5.63. The van der Waals surface area contributed by atoms with Crippen molar-refractivity contribution in [3.8, 4) is 0 Å². The van der Waals surface area contributed by atoms with E-state index in [0.717, 1.165) is 17.6 Å². The van der Waals surface area contributed by atoms with Gasteiger partial charge < -0.3 is 10.6 Å². The summed E-state index contributed by atoms with van der Waals surface area (Å²) in [5.74, 6) is 0.244. The highest BCUT2D eigenvalue weighted by Gasteiger charge is 2.03. The molecule has 0 aliphatic carbocycles. The number of hydrogen-bond donors (Lipinski definition) is 2. The van der Waals surface area contributed by atoms with E-state index in [9.17, 15) is 0 Å². The maximum atomic E-state index is 7.15. The fourth-order valence-corrected chi connectivity index (χ4v) is 1.72. The summed E-state index contributed by atoms with van der Waals surface area (Å²) in [4.78, 5) is 2.15. The van der Waals surface area contributed by atoms with Crippen molar-refractivity contribution in [3.05, 3.63) is 34.3 Å². The SMILES string of the molecule is CN(CCC(=N)N)Cc1ccccc1Br. The first-order chi connectivity index (χ1) is 7.09. The minimum Gasteiger partial charge on any atom is -0.388 e. The van der Waals surface area contributed by atoms with Crippen LogP contribution >= 0.6 is 15.9 Å². The number of rotatable bonds is 5. The van der Waals surface area contributed by atoms with Gasteiger partial charge in [-0.1, -0.05) is 34.1 Å². The van der Waals surface area contributed by atoms with Gasteiger partial charge in [0.1, 0.15) is 0 Å². The zero-order valence-corrected chi connectivity index (χ0v) is 10.4. The van der Waals surface area contributed by atoms with Crippen LogP contribution in [0.15, 0.2) is 28.7 Å². The molecule has 1 aromatic rings. The molecule has 0 aromatic heterocycles. The van der Waals surface area contributed by atoms with Gasteiger partial charge in [0.05, 0.1) is 5.84 Å². The summed E-state index contributed by atoms with van der Waals surface area (Å²) < 4.78 is 1.12. The molecule has 0 heterocycles. The van der Waals surface area contributed by atoms with Crippen LogP contribution in [0.3, 0.4) is 0 Å². The summed E-state index contributed by atoms with van der Waals surface area (Å²) in [5.41, 5.74) is 6.56. The molecule has 0 aliphatic rings. The summed E-state index contributed by atoms with van der Waals surface area (Å²) in [5, 5.41) is 7.15. The number of halogens is 1. The van der Waals surface area contributed by atoms with E-state index in [1.165, 1.54) is 5.56 Å². The van der Waals surface area contributed by atoms with Crippen molar-refractivity contribution in [1.82, 2.24) is 4.90 Å². The highest BCUT2D eigenvalue weighted by atomic mass is 79.9. The van der Waals surface area contributed by atoms with E-state index in [1.54, 1.807) is 0 Å². The highest BCUT2D eigenvalue weighted by molar-refractivity contribution is 9.10. The predicted molar refractivity (Wildman–Crippen MR) is 67.0 cm³/mol. The lowest BCUT2D eigenvalue weighted by Crippen LogP contribution is -2.24. The summed E-state index contributed by atoms with van der Waals surface area (Å²) in [7, 11) is 2.03. The molecule has 0 spiro atoms. The van der Waals surface area contributed by atoms with Crippen LogP contribution in [-0.2, 0) is 6.54 Å². The van der Waals surface area contributed by atoms with E-state index in [4.69, 9.17) is 11.1 Å². The molecule has 15 heavy (non-hydrogen) atoms. The van der Waals surface area contributed by atoms with E-state index in [2.05, 4.69) is 26.9 Å². The molecule has 0 unspecified atom stereocenters. The van der Waals surface area contributed by atoms with Gasteiger partial charge in [-0.15, -0.1) is 0 Å². The van der Waals surface area contributed by atoms with Gasteiger partial charge in [-0.3, -0.25) is 5.41 Å². The number of amidine groups is 1.